The molecule has 0 unspecified atom stereocenters. The molecule has 0 saturated heterocycles. The van der Waals surface area contributed by atoms with Crippen LogP contribution in [-0.4, -0.2) is 53.5 Å². The first-order valence-corrected chi connectivity index (χ1v) is 7.97. The standard InChI is InChI=1S/C10H20N4O5S/c1-20(16,17)19-9-8-18-7-6-12-10(15)4-2-3-5-13-14-11/h2-9H2,1H3,(H,12,15). The van der Waals surface area contributed by atoms with Crippen molar-refractivity contribution in [1.29, 1.82) is 0 Å². The largest absolute Gasteiger partial charge is 0.377 e. The lowest BCUT2D eigenvalue weighted by Crippen LogP contribution is -2.27. The molecule has 0 aliphatic carbocycles. The monoisotopic (exact) mass is 308 g/mol. The first-order valence-electron chi connectivity index (χ1n) is 6.15. The third-order valence-electron chi connectivity index (χ3n) is 2.07. The van der Waals surface area contributed by atoms with Crippen LogP contribution in [0.1, 0.15) is 19.3 Å². The van der Waals surface area contributed by atoms with Crippen LogP contribution >= 0.6 is 0 Å². The summed E-state index contributed by atoms with van der Waals surface area (Å²) in [5.41, 5.74) is 8.05. The Bertz CT molecular complexity index is 419. The first kappa shape index (κ1) is 18.7. The van der Waals surface area contributed by atoms with Gasteiger partial charge < -0.3 is 10.1 Å². The third-order valence-corrected chi connectivity index (χ3v) is 2.66. The molecule has 0 aromatic heterocycles. The van der Waals surface area contributed by atoms with E-state index < -0.39 is 10.1 Å². The summed E-state index contributed by atoms with van der Waals surface area (Å²) >= 11 is 0. The Morgan fingerprint density at radius 2 is 2.05 bits per heavy atom. The van der Waals surface area contributed by atoms with Gasteiger partial charge in [-0.15, -0.1) is 0 Å². The number of nitrogens with one attached hydrogen (secondary N) is 1. The molecule has 0 rings (SSSR count). The van der Waals surface area contributed by atoms with E-state index in [1.165, 1.54) is 0 Å². The van der Waals surface area contributed by atoms with Crippen molar-refractivity contribution in [3.63, 3.8) is 0 Å². The van der Waals surface area contributed by atoms with E-state index in [9.17, 15) is 13.2 Å². The van der Waals surface area contributed by atoms with Gasteiger partial charge in [0.05, 0.1) is 26.1 Å². The number of ether oxygens (including phenoxy) is 1. The lowest BCUT2D eigenvalue weighted by molar-refractivity contribution is -0.121. The number of carbonyl (C=O) groups is 1. The van der Waals surface area contributed by atoms with Crippen LogP contribution in [0.15, 0.2) is 5.11 Å². The average molecular weight is 308 g/mol. The van der Waals surface area contributed by atoms with Gasteiger partial charge >= 0.3 is 0 Å². The molecule has 0 aliphatic rings. The van der Waals surface area contributed by atoms with E-state index in [4.69, 9.17) is 10.3 Å². The zero-order chi connectivity index (χ0) is 15.3. The second-order valence-electron chi connectivity index (χ2n) is 3.90. The number of nitrogens with zero attached hydrogens (tertiary/aromatic N) is 3. The number of hydrogen-bond acceptors (Lipinski definition) is 6. The van der Waals surface area contributed by atoms with E-state index in [2.05, 4.69) is 19.5 Å². The molecule has 0 fully saturated rings. The molecule has 9 nitrogen and oxygen atoms in total. The van der Waals surface area contributed by atoms with Gasteiger partial charge in [0.25, 0.3) is 10.1 Å². The molecule has 0 saturated carbocycles. The van der Waals surface area contributed by atoms with E-state index in [1.807, 2.05) is 0 Å². The van der Waals surface area contributed by atoms with Gasteiger partial charge in [0.15, 0.2) is 0 Å². The van der Waals surface area contributed by atoms with Gasteiger partial charge in [-0.3, -0.25) is 8.98 Å². The maximum absolute atomic E-state index is 11.3. The third kappa shape index (κ3) is 14.7. The number of hydrogen-bond donors (Lipinski definition) is 1. The zero-order valence-corrected chi connectivity index (χ0v) is 12.3. The minimum Gasteiger partial charge on any atom is -0.377 e. The smallest absolute Gasteiger partial charge is 0.264 e. The maximum Gasteiger partial charge on any atom is 0.264 e. The van der Waals surface area contributed by atoms with Gasteiger partial charge in [0.1, 0.15) is 0 Å². The summed E-state index contributed by atoms with van der Waals surface area (Å²) in [6.45, 7) is 1.15. The number of carbonyl (C=O) groups excluding carboxylic acids is 1. The van der Waals surface area contributed by atoms with Crippen molar-refractivity contribution in [1.82, 2.24) is 5.32 Å². The fourth-order valence-corrected chi connectivity index (χ4v) is 1.58. The van der Waals surface area contributed by atoms with Gasteiger partial charge in [-0.05, 0) is 18.4 Å². The molecule has 1 N–H and O–H groups in total. The molecular formula is C10H20N4O5S. The van der Waals surface area contributed by atoms with Crippen LogP contribution in [0.25, 0.3) is 10.4 Å². The highest BCUT2D eigenvalue weighted by Gasteiger charge is 2.01. The SMILES string of the molecule is CS(=O)(=O)OCCOCCNC(=O)CCCCN=[N+]=[N-]. The summed E-state index contributed by atoms with van der Waals surface area (Å²) in [5.74, 6) is -0.0954. The Kier molecular flexibility index (Phi) is 10.7. The van der Waals surface area contributed by atoms with Gasteiger partial charge in [0.2, 0.25) is 5.91 Å². The summed E-state index contributed by atoms with van der Waals surface area (Å²) in [5, 5.41) is 6.02. The van der Waals surface area contributed by atoms with Crippen molar-refractivity contribution in [3.8, 4) is 0 Å². The highest BCUT2D eigenvalue weighted by atomic mass is 32.2. The number of rotatable bonds is 12. The fraction of sp³-hybridized carbons (Fsp3) is 0.900. The van der Waals surface area contributed by atoms with Gasteiger partial charge in [-0.25, -0.2) is 0 Å². The number of unbranched alkanes of at least 4 members (excludes halogenated alkanes) is 1. The summed E-state index contributed by atoms with van der Waals surface area (Å²) in [7, 11) is -3.43. The normalized spacial score (nSPS) is 10.8. The van der Waals surface area contributed by atoms with Gasteiger partial charge in [-0.1, -0.05) is 5.11 Å². The van der Waals surface area contributed by atoms with Crippen LogP contribution in [0.4, 0.5) is 0 Å². The van der Waals surface area contributed by atoms with Crippen LogP contribution in [0.3, 0.4) is 0 Å². The minimum absolute atomic E-state index is 0.0355. The Balaban J connectivity index is 3.33. The van der Waals surface area contributed by atoms with Crippen molar-refractivity contribution in [2.45, 2.75) is 19.3 Å². The second kappa shape index (κ2) is 11.5. The molecule has 0 aliphatic heterocycles. The molecule has 0 atom stereocenters. The minimum atomic E-state index is -3.43. The van der Waals surface area contributed by atoms with Crippen molar-refractivity contribution in [2.75, 3.05) is 39.2 Å². The molecule has 1 amide bonds. The van der Waals surface area contributed by atoms with E-state index in [0.717, 1.165) is 6.26 Å². The molecule has 0 bridgehead atoms. The Hall–Kier alpha value is -1.35. The van der Waals surface area contributed by atoms with Crippen LogP contribution < -0.4 is 5.32 Å². The molecule has 0 heterocycles. The molecule has 0 aromatic carbocycles. The molecule has 20 heavy (non-hydrogen) atoms. The predicted octanol–water partition coefficient (Wildman–Crippen LogP) is 0.576. The maximum atomic E-state index is 11.3. The summed E-state index contributed by atoms with van der Waals surface area (Å²) in [4.78, 5) is 13.9. The predicted molar refractivity (Wildman–Crippen MR) is 72.5 cm³/mol. The van der Waals surface area contributed by atoms with E-state index in [0.29, 0.717) is 32.4 Å². The van der Waals surface area contributed by atoms with Crippen LogP contribution in [0.5, 0.6) is 0 Å². The lowest BCUT2D eigenvalue weighted by atomic mass is 10.2. The number of amides is 1. The average Bonchev–Trinajstić information content (AvgIpc) is 2.36. The highest BCUT2D eigenvalue weighted by molar-refractivity contribution is 7.85. The molecule has 0 spiro atoms. The molecule has 0 aromatic rings. The van der Waals surface area contributed by atoms with Gasteiger partial charge in [-0.2, -0.15) is 8.42 Å². The summed E-state index contributed by atoms with van der Waals surface area (Å²) < 4.78 is 30.8. The first-order chi connectivity index (χ1) is 9.45. The van der Waals surface area contributed by atoms with Crippen molar-refractivity contribution < 1.29 is 22.1 Å². The quantitative estimate of drug-likeness (QED) is 0.185. The van der Waals surface area contributed by atoms with Crippen LogP contribution in [0.2, 0.25) is 0 Å². The van der Waals surface area contributed by atoms with E-state index >= 15 is 0 Å². The van der Waals surface area contributed by atoms with Crippen molar-refractivity contribution >= 4 is 16.0 Å². The lowest BCUT2D eigenvalue weighted by Gasteiger charge is -2.06. The van der Waals surface area contributed by atoms with Crippen molar-refractivity contribution in [2.24, 2.45) is 5.11 Å². The topological polar surface area (TPSA) is 130 Å². The Morgan fingerprint density at radius 1 is 1.30 bits per heavy atom. The van der Waals surface area contributed by atoms with E-state index in [-0.39, 0.29) is 25.7 Å². The van der Waals surface area contributed by atoms with Crippen molar-refractivity contribution in [3.05, 3.63) is 10.4 Å². The van der Waals surface area contributed by atoms with Gasteiger partial charge in [0, 0.05) is 24.4 Å². The van der Waals surface area contributed by atoms with Crippen LogP contribution in [-0.2, 0) is 23.8 Å². The van der Waals surface area contributed by atoms with Crippen LogP contribution in [0, 0.1) is 0 Å². The fourth-order valence-electron chi connectivity index (χ4n) is 1.21. The highest BCUT2D eigenvalue weighted by Crippen LogP contribution is 1.95. The Labute approximate surface area is 118 Å². The molecule has 116 valence electrons. The number of azide groups is 1. The summed E-state index contributed by atoms with van der Waals surface area (Å²) in [6, 6.07) is 0. The van der Waals surface area contributed by atoms with E-state index in [1.54, 1.807) is 0 Å². The summed E-state index contributed by atoms with van der Waals surface area (Å²) in [6.07, 6.45) is 2.68. The second-order valence-corrected chi connectivity index (χ2v) is 5.54. The zero-order valence-electron chi connectivity index (χ0n) is 11.4. The molecule has 0 radical (unpaired) electrons. The molecule has 10 heteroatoms. The Morgan fingerprint density at radius 3 is 2.70 bits per heavy atom. The molecular weight excluding hydrogens is 288 g/mol.